The van der Waals surface area contributed by atoms with Gasteiger partial charge in [-0.3, -0.25) is 9.59 Å². The van der Waals surface area contributed by atoms with E-state index in [0.29, 0.717) is 25.4 Å². The Labute approximate surface area is 178 Å². The predicted octanol–water partition coefficient (Wildman–Crippen LogP) is 3.01. The Balaban J connectivity index is 1.66. The fraction of sp³-hybridized carbons (Fsp3) is 0.773. The van der Waals surface area contributed by atoms with Crippen molar-refractivity contribution in [1.29, 1.82) is 0 Å². The molecule has 0 aromatic carbocycles. The van der Waals surface area contributed by atoms with Crippen LogP contribution in [0.2, 0.25) is 0 Å². The number of unbranched alkanes of at least 4 members (excludes halogenated alkanes) is 3. The molecule has 2 heterocycles. The number of carbonyl (C=O) groups excluding carboxylic acids is 2. The van der Waals surface area contributed by atoms with Crippen molar-refractivity contribution in [3.05, 3.63) is 12.2 Å². The molecule has 2 bridgehead atoms. The number of carboxylic acid groups (broad SMARTS) is 1. The van der Waals surface area contributed by atoms with Gasteiger partial charge in [0.15, 0.2) is 6.61 Å². The van der Waals surface area contributed by atoms with E-state index >= 15 is 0 Å². The van der Waals surface area contributed by atoms with Crippen molar-refractivity contribution in [2.45, 2.75) is 76.9 Å². The molecular weight excluding hydrogens is 388 g/mol. The molecule has 0 spiro atoms. The number of ether oxygens (including phenoxy) is 2. The minimum Gasteiger partial charge on any atom is -0.481 e. The lowest BCUT2D eigenvalue weighted by molar-refractivity contribution is -0.137. The summed E-state index contributed by atoms with van der Waals surface area (Å²) >= 11 is 0. The normalized spacial score (nSPS) is 24.8. The first-order chi connectivity index (χ1) is 14.5. The number of nitrogens with one attached hydrogen (secondary N) is 2. The van der Waals surface area contributed by atoms with Gasteiger partial charge in [0.25, 0.3) is 5.91 Å². The van der Waals surface area contributed by atoms with Gasteiger partial charge >= 0.3 is 12.1 Å². The third-order valence-electron chi connectivity index (χ3n) is 5.85. The van der Waals surface area contributed by atoms with Gasteiger partial charge in [0.1, 0.15) is 0 Å². The highest BCUT2D eigenvalue weighted by Crippen LogP contribution is 2.44. The molecule has 2 aliphatic heterocycles. The first-order valence-corrected chi connectivity index (χ1v) is 11.2. The standard InChI is InChI=1S/C22H36N2O6/c1-2-3-8-13-23-22(28)29-15-20(25)24-14-17-16(18-11-12-19(17)30-18)9-6-4-5-7-10-21(26)27/h4,6,16-19H,2-3,5,7-15H2,1H3,(H,23,28)(H,24,25)(H,26,27)/b6-4-/t16-,17+,18-,19+/m1/s1. The van der Waals surface area contributed by atoms with E-state index in [1.165, 1.54) is 0 Å². The highest BCUT2D eigenvalue weighted by molar-refractivity contribution is 5.80. The van der Waals surface area contributed by atoms with Gasteiger partial charge in [-0.25, -0.2) is 4.79 Å². The van der Waals surface area contributed by atoms with E-state index in [9.17, 15) is 14.4 Å². The maximum atomic E-state index is 12.1. The lowest BCUT2D eigenvalue weighted by Gasteiger charge is -2.27. The average Bonchev–Trinajstić information content (AvgIpc) is 3.32. The number of allylic oxidation sites excluding steroid dienone is 2. The number of amides is 2. The summed E-state index contributed by atoms with van der Waals surface area (Å²) in [6, 6.07) is 0. The fourth-order valence-corrected chi connectivity index (χ4v) is 4.25. The summed E-state index contributed by atoms with van der Waals surface area (Å²) in [7, 11) is 0. The van der Waals surface area contributed by atoms with Crippen molar-refractivity contribution in [3.63, 3.8) is 0 Å². The van der Waals surface area contributed by atoms with Crippen molar-refractivity contribution < 1.29 is 29.0 Å². The summed E-state index contributed by atoms with van der Waals surface area (Å²) in [5.41, 5.74) is 0. The Kier molecular flexibility index (Phi) is 10.7. The molecule has 3 N–H and O–H groups in total. The third kappa shape index (κ3) is 8.34. The summed E-state index contributed by atoms with van der Waals surface area (Å²) in [6.07, 6.45) is 11.5. The second-order valence-corrected chi connectivity index (χ2v) is 8.13. The van der Waals surface area contributed by atoms with Gasteiger partial charge in [-0.15, -0.1) is 0 Å². The molecule has 2 saturated heterocycles. The SMILES string of the molecule is CCCCCNC(=O)OCC(=O)NC[C@H]1[C@@H](C/C=C\CCCC(=O)O)[C@H]2CC[C@@H]1O2. The zero-order valence-electron chi connectivity index (χ0n) is 17.9. The smallest absolute Gasteiger partial charge is 0.407 e. The van der Waals surface area contributed by atoms with E-state index in [1.807, 2.05) is 6.08 Å². The van der Waals surface area contributed by atoms with Gasteiger partial charge < -0.3 is 25.2 Å². The Hall–Kier alpha value is -2.09. The summed E-state index contributed by atoms with van der Waals surface area (Å²) in [5.74, 6) is -0.468. The minimum atomic E-state index is -0.765. The Morgan fingerprint density at radius 1 is 1.07 bits per heavy atom. The van der Waals surface area contributed by atoms with E-state index in [0.717, 1.165) is 44.9 Å². The van der Waals surface area contributed by atoms with Crippen molar-refractivity contribution in [2.75, 3.05) is 19.7 Å². The molecule has 0 aromatic heterocycles. The van der Waals surface area contributed by atoms with Crippen LogP contribution in [0.25, 0.3) is 0 Å². The number of alkyl carbamates (subject to hydrolysis) is 1. The molecule has 8 heteroatoms. The second-order valence-electron chi connectivity index (χ2n) is 8.13. The van der Waals surface area contributed by atoms with E-state index in [1.54, 1.807) is 0 Å². The largest absolute Gasteiger partial charge is 0.481 e. The van der Waals surface area contributed by atoms with Crippen LogP contribution in [0, 0.1) is 11.8 Å². The highest BCUT2D eigenvalue weighted by Gasteiger charge is 2.47. The Morgan fingerprint density at radius 3 is 2.57 bits per heavy atom. The molecule has 0 aliphatic carbocycles. The van der Waals surface area contributed by atoms with Crippen LogP contribution in [0.15, 0.2) is 12.2 Å². The van der Waals surface area contributed by atoms with Crippen LogP contribution in [0.4, 0.5) is 4.79 Å². The maximum Gasteiger partial charge on any atom is 0.407 e. The van der Waals surface area contributed by atoms with Crippen LogP contribution in [0.3, 0.4) is 0 Å². The highest BCUT2D eigenvalue weighted by atomic mass is 16.6. The number of rotatable bonds is 14. The average molecular weight is 425 g/mol. The molecule has 0 saturated carbocycles. The number of hydrogen-bond donors (Lipinski definition) is 3. The first-order valence-electron chi connectivity index (χ1n) is 11.2. The van der Waals surface area contributed by atoms with Gasteiger partial charge in [0.2, 0.25) is 0 Å². The number of aliphatic carboxylic acids is 1. The monoisotopic (exact) mass is 424 g/mol. The molecule has 2 fully saturated rings. The molecule has 2 aliphatic rings. The molecule has 0 unspecified atom stereocenters. The molecule has 8 nitrogen and oxygen atoms in total. The zero-order valence-corrected chi connectivity index (χ0v) is 17.9. The second kappa shape index (κ2) is 13.3. The fourth-order valence-electron chi connectivity index (χ4n) is 4.25. The molecule has 30 heavy (non-hydrogen) atoms. The quantitative estimate of drug-likeness (QED) is 0.292. The molecule has 170 valence electrons. The molecule has 2 rings (SSSR count). The minimum absolute atomic E-state index is 0.170. The third-order valence-corrected chi connectivity index (χ3v) is 5.85. The van der Waals surface area contributed by atoms with E-state index < -0.39 is 12.1 Å². The molecule has 2 amide bonds. The van der Waals surface area contributed by atoms with Crippen molar-refractivity contribution in [3.8, 4) is 0 Å². The Morgan fingerprint density at radius 2 is 1.83 bits per heavy atom. The van der Waals surface area contributed by atoms with Gasteiger partial charge in [0.05, 0.1) is 12.2 Å². The summed E-state index contributed by atoms with van der Waals surface area (Å²) in [4.78, 5) is 34.2. The van der Waals surface area contributed by atoms with Gasteiger partial charge in [-0.1, -0.05) is 31.9 Å². The van der Waals surface area contributed by atoms with E-state index in [2.05, 4.69) is 23.6 Å². The summed E-state index contributed by atoms with van der Waals surface area (Å²) in [5, 5.41) is 14.2. The van der Waals surface area contributed by atoms with Crippen LogP contribution in [-0.4, -0.2) is 55.0 Å². The van der Waals surface area contributed by atoms with Crippen LogP contribution >= 0.6 is 0 Å². The molecular formula is C22H36N2O6. The Bertz CT molecular complexity index is 594. The number of hydrogen-bond acceptors (Lipinski definition) is 5. The van der Waals surface area contributed by atoms with Crippen LogP contribution < -0.4 is 10.6 Å². The zero-order chi connectivity index (χ0) is 21.8. The van der Waals surface area contributed by atoms with Crippen molar-refractivity contribution >= 4 is 18.0 Å². The van der Waals surface area contributed by atoms with Gasteiger partial charge in [0, 0.05) is 25.4 Å². The van der Waals surface area contributed by atoms with Gasteiger partial charge in [-0.2, -0.15) is 0 Å². The molecule has 0 radical (unpaired) electrons. The topological polar surface area (TPSA) is 114 Å². The lowest BCUT2D eigenvalue weighted by atomic mass is 9.77. The number of carboxylic acids is 1. The van der Waals surface area contributed by atoms with Crippen molar-refractivity contribution in [1.82, 2.24) is 10.6 Å². The predicted molar refractivity (Wildman–Crippen MR) is 112 cm³/mol. The number of fused-ring (bicyclic) bond motifs is 2. The van der Waals surface area contributed by atoms with Crippen LogP contribution in [0.1, 0.15) is 64.7 Å². The van der Waals surface area contributed by atoms with Gasteiger partial charge in [-0.05, 0) is 44.4 Å². The van der Waals surface area contributed by atoms with Crippen molar-refractivity contribution in [2.24, 2.45) is 11.8 Å². The lowest BCUT2D eigenvalue weighted by Crippen LogP contribution is -2.40. The van der Waals surface area contributed by atoms with Crippen LogP contribution in [-0.2, 0) is 19.1 Å². The molecule has 4 atom stereocenters. The maximum absolute atomic E-state index is 12.1. The van der Waals surface area contributed by atoms with E-state index in [4.69, 9.17) is 14.6 Å². The summed E-state index contributed by atoms with van der Waals surface area (Å²) < 4.78 is 11.0. The first kappa shape index (κ1) is 24.2. The van der Waals surface area contributed by atoms with E-state index in [-0.39, 0.29) is 37.1 Å². The molecule has 0 aromatic rings. The summed E-state index contributed by atoms with van der Waals surface area (Å²) in [6.45, 7) is 2.88. The number of carbonyl (C=O) groups is 3. The van der Waals surface area contributed by atoms with Crippen LogP contribution in [0.5, 0.6) is 0 Å².